The number of likely N-dealkylation sites (N-methyl/N-ethyl adjacent to an activating group) is 1. The number of amides is 1. The highest BCUT2D eigenvalue weighted by Crippen LogP contribution is 2.54. The minimum absolute atomic E-state index is 0.210. The molecule has 1 aromatic carbocycles. The van der Waals surface area contributed by atoms with Crippen LogP contribution in [0, 0.1) is 5.92 Å². The standard InChI is InChI=1S/C14H20N2O.C2H6/c1-3-16(2)13(17)14(9-12(14)10-15)11-7-5-4-6-8-11;1-2/h4-8,12H,3,9-10,15H2,1-2H3;1-2H3. The van der Waals surface area contributed by atoms with E-state index in [0.717, 1.165) is 18.5 Å². The van der Waals surface area contributed by atoms with Crippen molar-refractivity contribution in [2.45, 2.75) is 32.6 Å². The fraction of sp³-hybridized carbons (Fsp3) is 0.562. The molecule has 0 bridgehead atoms. The molecule has 1 aromatic rings. The third-order valence-corrected chi connectivity index (χ3v) is 3.88. The zero-order valence-electron chi connectivity index (χ0n) is 12.5. The van der Waals surface area contributed by atoms with Gasteiger partial charge in [-0.3, -0.25) is 4.79 Å². The van der Waals surface area contributed by atoms with E-state index in [2.05, 4.69) is 0 Å². The lowest BCUT2D eigenvalue weighted by Gasteiger charge is -2.24. The Labute approximate surface area is 116 Å². The van der Waals surface area contributed by atoms with Gasteiger partial charge in [-0.25, -0.2) is 0 Å². The zero-order chi connectivity index (χ0) is 14.5. The average Bonchev–Trinajstić information content (AvgIpc) is 3.24. The molecule has 0 saturated heterocycles. The zero-order valence-corrected chi connectivity index (χ0v) is 12.5. The van der Waals surface area contributed by atoms with Crippen LogP contribution in [0.15, 0.2) is 30.3 Å². The second-order valence-corrected chi connectivity index (χ2v) is 4.79. The summed E-state index contributed by atoms with van der Waals surface area (Å²) in [5.74, 6) is 0.507. The number of hydrogen-bond donors (Lipinski definition) is 1. The van der Waals surface area contributed by atoms with Crippen LogP contribution >= 0.6 is 0 Å². The quantitative estimate of drug-likeness (QED) is 0.905. The molecule has 1 aliphatic rings. The van der Waals surface area contributed by atoms with Gasteiger partial charge in [-0.1, -0.05) is 44.2 Å². The summed E-state index contributed by atoms with van der Waals surface area (Å²) in [6, 6.07) is 10.0. The number of nitrogens with two attached hydrogens (primary N) is 1. The van der Waals surface area contributed by atoms with Gasteiger partial charge in [0.15, 0.2) is 0 Å². The Hall–Kier alpha value is -1.35. The molecule has 0 aliphatic heterocycles. The fourth-order valence-electron chi connectivity index (χ4n) is 2.57. The SMILES string of the molecule is CC.CCN(C)C(=O)C1(c2ccccc2)CC1CN. The Morgan fingerprint density at radius 2 is 1.95 bits per heavy atom. The third-order valence-electron chi connectivity index (χ3n) is 3.88. The Bertz CT molecular complexity index is 404. The van der Waals surface area contributed by atoms with Gasteiger partial charge in [0.1, 0.15) is 0 Å². The van der Waals surface area contributed by atoms with Gasteiger partial charge in [0.2, 0.25) is 5.91 Å². The van der Waals surface area contributed by atoms with Crippen molar-refractivity contribution in [2.75, 3.05) is 20.1 Å². The van der Waals surface area contributed by atoms with E-state index in [4.69, 9.17) is 5.73 Å². The molecule has 0 radical (unpaired) electrons. The molecule has 0 spiro atoms. The molecule has 19 heavy (non-hydrogen) atoms. The predicted octanol–water partition coefficient (Wildman–Crippen LogP) is 2.41. The maximum Gasteiger partial charge on any atom is 0.233 e. The lowest BCUT2D eigenvalue weighted by Crippen LogP contribution is -2.38. The highest BCUT2D eigenvalue weighted by atomic mass is 16.2. The Kier molecular flexibility index (Phi) is 5.55. The third kappa shape index (κ3) is 2.81. The summed E-state index contributed by atoms with van der Waals surface area (Å²) in [4.78, 5) is 14.3. The normalized spacial score (nSPS) is 24.2. The summed E-state index contributed by atoms with van der Waals surface area (Å²) in [7, 11) is 1.86. The molecule has 2 atom stereocenters. The maximum atomic E-state index is 12.5. The summed E-state index contributed by atoms with van der Waals surface area (Å²) >= 11 is 0. The smallest absolute Gasteiger partial charge is 0.233 e. The van der Waals surface area contributed by atoms with Gasteiger partial charge in [0.25, 0.3) is 0 Å². The van der Waals surface area contributed by atoms with Crippen LogP contribution in [0.2, 0.25) is 0 Å². The van der Waals surface area contributed by atoms with Gasteiger partial charge in [-0.05, 0) is 31.4 Å². The molecular weight excluding hydrogens is 236 g/mol. The van der Waals surface area contributed by atoms with Crippen LogP contribution in [-0.2, 0) is 10.2 Å². The van der Waals surface area contributed by atoms with Crippen molar-refractivity contribution < 1.29 is 4.79 Å². The van der Waals surface area contributed by atoms with Gasteiger partial charge in [-0.2, -0.15) is 0 Å². The van der Waals surface area contributed by atoms with E-state index >= 15 is 0 Å². The van der Waals surface area contributed by atoms with Crippen LogP contribution in [0.25, 0.3) is 0 Å². The minimum atomic E-state index is -0.346. The van der Waals surface area contributed by atoms with E-state index in [9.17, 15) is 4.79 Å². The van der Waals surface area contributed by atoms with E-state index in [0.29, 0.717) is 12.5 Å². The number of rotatable bonds is 4. The second kappa shape index (κ2) is 6.71. The molecule has 2 rings (SSSR count). The summed E-state index contributed by atoms with van der Waals surface area (Å²) in [5.41, 5.74) is 6.52. The second-order valence-electron chi connectivity index (χ2n) is 4.79. The maximum absolute atomic E-state index is 12.5. The number of carbonyl (C=O) groups is 1. The average molecular weight is 262 g/mol. The molecule has 106 valence electrons. The first-order valence-corrected chi connectivity index (χ1v) is 7.18. The molecule has 1 fully saturated rings. The van der Waals surface area contributed by atoms with Crippen molar-refractivity contribution in [2.24, 2.45) is 11.7 Å². The van der Waals surface area contributed by atoms with Crippen molar-refractivity contribution in [3.63, 3.8) is 0 Å². The molecule has 3 heteroatoms. The van der Waals surface area contributed by atoms with E-state index in [1.807, 2.05) is 58.2 Å². The molecule has 3 nitrogen and oxygen atoms in total. The van der Waals surface area contributed by atoms with Crippen molar-refractivity contribution in [3.05, 3.63) is 35.9 Å². The molecule has 2 unspecified atom stereocenters. The van der Waals surface area contributed by atoms with Crippen LogP contribution < -0.4 is 5.73 Å². The van der Waals surface area contributed by atoms with E-state index in [-0.39, 0.29) is 11.3 Å². The first kappa shape index (κ1) is 15.7. The summed E-state index contributed by atoms with van der Waals surface area (Å²) < 4.78 is 0. The van der Waals surface area contributed by atoms with E-state index in [1.54, 1.807) is 4.90 Å². The largest absolute Gasteiger partial charge is 0.345 e. The van der Waals surface area contributed by atoms with Crippen LogP contribution in [-0.4, -0.2) is 30.9 Å². The molecule has 1 saturated carbocycles. The van der Waals surface area contributed by atoms with E-state index < -0.39 is 0 Å². The molecular formula is C16H26N2O. The molecule has 1 aliphatic carbocycles. The van der Waals surface area contributed by atoms with E-state index in [1.165, 1.54) is 0 Å². The lowest BCUT2D eigenvalue weighted by molar-refractivity contribution is -0.132. The fourth-order valence-corrected chi connectivity index (χ4v) is 2.57. The van der Waals surface area contributed by atoms with Crippen molar-refractivity contribution >= 4 is 5.91 Å². The highest BCUT2D eigenvalue weighted by Gasteiger charge is 2.60. The van der Waals surface area contributed by atoms with Crippen molar-refractivity contribution in [1.82, 2.24) is 4.90 Å². The Morgan fingerprint density at radius 1 is 1.37 bits per heavy atom. The first-order valence-electron chi connectivity index (χ1n) is 7.18. The number of nitrogens with zero attached hydrogens (tertiary/aromatic N) is 1. The topological polar surface area (TPSA) is 46.3 Å². The molecule has 2 N–H and O–H groups in total. The van der Waals surface area contributed by atoms with Gasteiger partial charge >= 0.3 is 0 Å². The Morgan fingerprint density at radius 3 is 2.37 bits per heavy atom. The summed E-state index contributed by atoms with van der Waals surface area (Å²) in [6.45, 7) is 7.32. The predicted molar refractivity (Wildman–Crippen MR) is 79.9 cm³/mol. The van der Waals surface area contributed by atoms with Gasteiger partial charge < -0.3 is 10.6 Å². The number of carbonyl (C=O) groups excluding carboxylic acids is 1. The summed E-state index contributed by atoms with van der Waals surface area (Å²) in [5, 5.41) is 0. The van der Waals surface area contributed by atoms with Crippen LogP contribution in [0.4, 0.5) is 0 Å². The number of benzene rings is 1. The first-order chi connectivity index (χ1) is 9.16. The van der Waals surface area contributed by atoms with Crippen molar-refractivity contribution in [1.29, 1.82) is 0 Å². The lowest BCUT2D eigenvalue weighted by atomic mass is 9.91. The van der Waals surface area contributed by atoms with Crippen LogP contribution in [0.5, 0.6) is 0 Å². The molecule has 0 aromatic heterocycles. The molecule has 0 heterocycles. The van der Waals surface area contributed by atoms with Gasteiger partial charge in [0, 0.05) is 13.6 Å². The van der Waals surface area contributed by atoms with Gasteiger partial charge in [-0.15, -0.1) is 0 Å². The van der Waals surface area contributed by atoms with Gasteiger partial charge in [0.05, 0.1) is 5.41 Å². The highest BCUT2D eigenvalue weighted by molar-refractivity contribution is 5.92. The summed E-state index contributed by atoms with van der Waals surface area (Å²) in [6.07, 6.45) is 0.886. The molecule has 1 amide bonds. The minimum Gasteiger partial charge on any atom is -0.345 e. The van der Waals surface area contributed by atoms with Crippen LogP contribution in [0.3, 0.4) is 0 Å². The monoisotopic (exact) mass is 262 g/mol. The van der Waals surface area contributed by atoms with Crippen molar-refractivity contribution in [3.8, 4) is 0 Å². The van der Waals surface area contributed by atoms with Crippen LogP contribution in [0.1, 0.15) is 32.8 Å². The number of hydrogen-bond acceptors (Lipinski definition) is 2. The Balaban J connectivity index is 0.000000861.